The Morgan fingerprint density at radius 2 is 2.04 bits per heavy atom. The number of aliphatic imine (C=N–C) groups is 1. The molecule has 0 amide bonds. The predicted molar refractivity (Wildman–Crippen MR) is 119 cm³/mol. The van der Waals surface area contributed by atoms with E-state index in [1.165, 1.54) is 30.8 Å². The number of hydrogen-bond donors (Lipinski definition) is 2. The summed E-state index contributed by atoms with van der Waals surface area (Å²) < 4.78 is 0. The molecule has 0 aromatic carbocycles. The van der Waals surface area contributed by atoms with E-state index in [0.717, 1.165) is 44.4 Å². The van der Waals surface area contributed by atoms with Gasteiger partial charge in [-0.2, -0.15) is 0 Å². The molecule has 1 saturated heterocycles. The van der Waals surface area contributed by atoms with Crippen molar-refractivity contribution in [2.75, 3.05) is 26.2 Å². The first kappa shape index (κ1) is 20.7. The third-order valence-corrected chi connectivity index (χ3v) is 5.73. The molecular formula is C19H31IN4S. The summed E-state index contributed by atoms with van der Waals surface area (Å²) in [6, 6.07) is 4.92. The van der Waals surface area contributed by atoms with E-state index in [-0.39, 0.29) is 24.0 Å². The molecule has 0 saturated carbocycles. The van der Waals surface area contributed by atoms with Gasteiger partial charge < -0.3 is 10.6 Å². The Balaban J connectivity index is 0.00000225. The highest BCUT2D eigenvalue weighted by molar-refractivity contribution is 14.0. The van der Waals surface area contributed by atoms with E-state index < -0.39 is 0 Å². The van der Waals surface area contributed by atoms with Gasteiger partial charge in [-0.15, -0.1) is 35.3 Å². The third kappa shape index (κ3) is 6.90. The maximum absolute atomic E-state index is 4.85. The molecular weight excluding hydrogens is 443 g/mol. The fourth-order valence-corrected chi connectivity index (χ4v) is 4.17. The Labute approximate surface area is 173 Å². The molecule has 1 aromatic rings. The molecule has 6 heteroatoms. The molecule has 3 rings (SSSR count). The minimum atomic E-state index is 0. The SMILES string of the molecule is CCNC(=NCC1CCN(Cc2cccs2)CC1)NC1CC=CC1.I. The summed E-state index contributed by atoms with van der Waals surface area (Å²) in [5, 5.41) is 9.12. The van der Waals surface area contributed by atoms with E-state index in [4.69, 9.17) is 4.99 Å². The number of rotatable bonds is 6. The number of hydrogen-bond acceptors (Lipinski definition) is 3. The molecule has 1 aromatic heterocycles. The van der Waals surface area contributed by atoms with Crippen molar-refractivity contribution >= 4 is 41.3 Å². The van der Waals surface area contributed by atoms with Crippen molar-refractivity contribution in [2.45, 2.75) is 45.2 Å². The van der Waals surface area contributed by atoms with E-state index in [9.17, 15) is 0 Å². The fraction of sp³-hybridized carbons (Fsp3) is 0.632. The molecule has 0 spiro atoms. The van der Waals surface area contributed by atoms with Crippen molar-refractivity contribution in [3.05, 3.63) is 34.5 Å². The molecule has 0 bridgehead atoms. The zero-order chi connectivity index (χ0) is 16.6. The van der Waals surface area contributed by atoms with E-state index in [1.54, 1.807) is 0 Å². The molecule has 1 aliphatic carbocycles. The molecule has 1 fully saturated rings. The quantitative estimate of drug-likeness (QED) is 0.285. The van der Waals surface area contributed by atoms with Crippen LogP contribution >= 0.6 is 35.3 Å². The van der Waals surface area contributed by atoms with Crippen LogP contribution in [-0.4, -0.2) is 43.1 Å². The summed E-state index contributed by atoms with van der Waals surface area (Å²) in [7, 11) is 0. The van der Waals surface area contributed by atoms with Crippen LogP contribution in [0.2, 0.25) is 0 Å². The van der Waals surface area contributed by atoms with Gasteiger partial charge in [0.25, 0.3) is 0 Å². The van der Waals surface area contributed by atoms with Crippen LogP contribution in [0, 0.1) is 5.92 Å². The summed E-state index contributed by atoms with van der Waals surface area (Å²) in [4.78, 5) is 8.92. The van der Waals surface area contributed by atoms with Gasteiger partial charge in [0.05, 0.1) is 0 Å². The molecule has 0 unspecified atom stereocenters. The lowest BCUT2D eigenvalue weighted by Gasteiger charge is -2.31. The Kier molecular flexibility index (Phi) is 9.26. The largest absolute Gasteiger partial charge is 0.357 e. The Morgan fingerprint density at radius 3 is 2.68 bits per heavy atom. The topological polar surface area (TPSA) is 39.7 Å². The van der Waals surface area contributed by atoms with Crippen molar-refractivity contribution in [1.29, 1.82) is 0 Å². The number of piperidine rings is 1. The highest BCUT2D eigenvalue weighted by Crippen LogP contribution is 2.21. The minimum absolute atomic E-state index is 0. The zero-order valence-electron chi connectivity index (χ0n) is 15.1. The average molecular weight is 474 g/mol. The first-order valence-electron chi connectivity index (χ1n) is 9.28. The average Bonchev–Trinajstić information content (AvgIpc) is 3.28. The van der Waals surface area contributed by atoms with Crippen LogP contribution in [0.4, 0.5) is 0 Å². The number of nitrogens with zero attached hydrogens (tertiary/aromatic N) is 2. The second kappa shape index (κ2) is 11.2. The van der Waals surface area contributed by atoms with Crippen molar-refractivity contribution in [3.63, 3.8) is 0 Å². The van der Waals surface area contributed by atoms with E-state index >= 15 is 0 Å². The van der Waals surface area contributed by atoms with Crippen molar-refractivity contribution in [1.82, 2.24) is 15.5 Å². The normalized spacial score (nSPS) is 19.8. The second-order valence-corrected chi connectivity index (χ2v) is 7.83. The Morgan fingerprint density at radius 1 is 1.28 bits per heavy atom. The van der Waals surface area contributed by atoms with Gasteiger partial charge in [0, 0.05) is 30.6 Å². The summed E-state index contributed by atoms with van der Waals surface area (Å²) in [6.45, 7) is 7.52. The maximum Gasteiger partial charge on any atom is 0.191 e. The molecule has 1 aliphatic heterocycles. The van der Waals surface area contributed by atoms with Crippen LogP contribution < -0.4 is 10.6 Å². The van der Waals surface area contributed by atoms with E-state index in [0.29, 0.717) is 6.04 Å². The standard InChI is InChI=1S/C19H30N4S.HI/c1-2-20-19(22-17-6-3-4-7-17)21-14-16-9-11-23(12-10-16)15-18-8-5-13-24-18;/h3-5,8,13,16-17H,2,6-7,9-12,14-15H2,1H3,(H2,20,21,22);1H. The zero-order valence-corrected chi connectivity index (χ0v) is 18.3. The van der Waals surface area contributed by atoms with Gasteiger partial charge in [0.1, 0.15) is 0 Å². The van der Waals surface area contributed by atoms with Gasteiger partial charge in [-0.25, -0.2) is 0 Å². The molecule has 140 valence electrons. The van der Waals surface area contributed by atoms with Crippen molar-refractivity contribution in [3.8, 4) is 0 Å². The van der Waals surface area contributed by atoms with Gasteiger partial charge in [0.2, 0.25) is 0 Å². The smallest absolute Gasteiger partial charge is 0.191 e. The van der Waals surface area contributed by atoms with Crippen LogP contribution in [0.25, 0.3) is 0 Å². The van der Waals surface area contributed by atoms with Crippen LogP contribution in [0.3, 0.4) is 0 Å². The lowest BCUT2D eigenvalue weighted by molar-refractivity contribution is 0.182. The summed E-state index contributed by atoms with van der Waals surface area (Å²) in [5.41, 5.74) is 0. The number of thiophene rings is 1. The molecule has 0 atom stereocenters. The molecule has 4 nitrogen and oxygen atoms in total. The van der Waals surface area contributed by atoms with Crippen molar-refractivity contribution < 1.29 is 0 Å². The summed E-state index contributed by atoms with van der Waals surface area (Å²) in [5.74, 6) is 1.72. The Hall–Kier alpha value is -0.600. The van der Waals surface area contributed by atoms with E-state index in [1.807, 2.05) is 11.3 Å². The van der Waals surface area contributed by atoms with E-state index in [2.05, 4.69) is 52.1 Å². The summed E-state index contributed by atoms with van der Waals surface area (Å²) in [6.07, 6.45) is 9.27. The van der Waals surface area contributed by atoms with Gasteiger partial charge >= 0.3 is 0 Å². The Bertz CT molecular complexity index is 528. The van der Waals surface area contributed by atoms with Gasteiger partial charge in [-0.1, -0.05) is 18.2 Å². The highest BCUT2D eigenvalue weighted by atomic mass is 127. The molecule has 0 radical (unpaired) electrons. The third-order valence-electron chi connectivity index (χ3n) is 4.87. The van der Waals surface area contributed by atoms with Crippen molar-refractivity contribution in [2.24, 2.45) is 10.9 Å². The van der Waals surface area contributed by atoms with Crippen LogP contribution in [0.5, 0.6) is 0 Å². The van der Waals surface area contributed by atoms with Gasteiger partial charge in [-0.3, -0.25) is 9.89 Å². The molecule has 2 aliphatic rings. The van der Waals surface area contributed by atoms with Gasteiger partial charge in [-0.05, 0) is 63.1 Å². The number of guanidine groups is 1. The monoisotopic (exact) mass is 474 g/mol. The second-order valence-electron chi connectivity index (χ2n) is 6.80. The number of halogens is 1. The maximum atomic E-state index is 4.85. The van der Waals surface area contributed by atoms with Crippen LogP contribution in [0.1, 0.15) is 37.5 Å². The van der Waals surface area contributed by atoms with Gasteiger partial charge in [0.15, 0.2) is 5.96 Å². The fourth-order valence-electron chi connectivity index (χ4n) is 3.42. The lowest BCUT2D eigenvalue weighted by atomic mass is 9.97. The number of likely N-dealkylation sites (tertiary alicyclic amines) is 1. The minimum Gasteiger partial charge on any atom is -0.357 e. The summed E-state index contributed by atoms with van der Waals surface area (Å²) >= 11 is 1.87. The first-order chi connectivity index (χ1) is 11.8. The predicted octanol–water partition coefficient (Wildman–Crippen LogP) is 3.85. The highest BCUT2D eigenvalue weighted by Gasteiger charge is 2.19. The van der Waals surface area contributed by atoms with Crippen LogP contribution in [0.15, 0.2) is 34.7 Å². The molecule has 25 heavy (non-hydrogen) atoms. The molecule has 2 N–H and O–H groups in total. The first-order valence-corrected chi connectivity index (χ1v) is 10.2. The van der Waals surface area contributed by atoms with Crippen LogP contribution in [-0.2, 0) is 6.54 Å². The number of nitrogens with one attached hydrogen (secondary N) is 2. The lowest BCUT2D eigenvalue weighted by Crippen LogP contribution is -2.43. The molecule has 2 heterocycles.